The predicted octanol–water partition coefficient (Wildman–Crippen LogP) is 1.83. The van der Waals surface area contributed by atoms with Crippen molar-refractivity contribution in [2.24, 2.45) is 0 Å². The Balaban J connectivity index is 1.51. The summed E-state index contributed by atoms with van der Waals surface area (Å²) < 4.78 is 35.6. The van der Waals surface area contributed by atoms with Gasteiger partial charge in [0.25, 0.3) is 0 Å². The number of benzene rings is 2. The van der Waals surface area contributed by atoms with Gasteiger partial charge in [-0.05, 0) is 31.4 Å². The Morgan fingerprint density at radius 3 is 2.72 bits per heavy atom. The van der Waals surface area contributed by atoms with E-state index in [-0.39, 0.29) is 17.1 Å². The Bertz CT molecular complexity index is 1490. The zero-order chi connectivity index (χ0) is 25.9. The highest BCUT2D eigenvalue weighted by Crippen LogP contribution is 2.29. The number of aryl methyl sites for hydroxylation is 2. The topological polar surface area (TPSA) is 160 Å². The van der Waals surface area contributed by atoms with Gasteiger partial charge >= 0.3 is 0 Å². The lowest BCUT2D eigenvalue weighted by Crippen LogP contribution is -2.99. The van der Waals surface area contributed by atoms with Gasteiger partial charge in [-0.25, -0.2) is 28.3 Å². The van der Waals surface area contributed by atoms with Crippen LogP contribution < -0.4 is 15.7 Å². The molecule has 0 saturated heterocycles. The Labute approximate surface area is 209 Å². The van der Waals surface area contributed by atoms with Crippen molar-refractivity contribution < 1.29 is 23.6 Å². The van der Waals surface area contributed by atoms with Gasteiger partial charge in [-0.3, -0.25) is 0 Å². The molecule has 0 fully saturated rings. The largest absolute Gasteiger partial charge is 0.595 e. The molecule has 36 heavy (non-hydrogen) atoms. The standard InChI is InChI=1S/C24H30N6O5S/c1-16-9-10-17(30(31)32)15-20(16)36(33,34)26-12-5-6-13-29-21(11-14-35-2)28-22-23(29)18-7-3-4-8-19(18)27-24(22)25/h3-4,7-10,15,26,30-31H,5-6,11-14H2,1-2H3,(H2,25,27). The molecule has 5 N–H and O–H groups in total. The molecule has 2 aromatic carbocycles. The number of unbranched alkanes of at least 4 members (excludes halogenated alkanes) is 1. The number of anilines is 1. The van der Waals surface area contributed by atoms with Crippen molar-refractivity contribution in [1.29, 1.82) is 0 Å². The second-order valence-corrected chi connectivity index (χ2v) is 10.3. The molecule has 4 rings (SSSR count). The molecular weight excluding hydrogens is 484 g/mol. The lowest BCUT2D eigenvalue weighted by Gasteiger charge is -2.15. The highest BCUT2D eigenvalue weighted by molar-refractivity contribution is 7.89. The van der Waals surface area contributed by atoms with Gasteiger partial charge in [-0.1, -0.05) is 24.3 Å². The zero-order valence-electron chi connectivity index (χ0n) is 20.2. The molecule has 2 heterocycles. The molecule has 11 nitrogen and oxygen atoms in total. The van der Waals surface area contributed by atoms with Gasteiger partial charge in [-0.2, -0.15) is 5.23 Å². The average Bonchev–Trinajstić information content (AvgIpc) is 3.21. The van der Waals surface area contributed by atoms with Crippen LogP contribution in [0.5, 0.6) is 0 Å². The van der Waals surface area contributed by atoms with Gasteiger partial charge in [0.05, 0.1) is 22.5 Å². The number of para-hydroxylation sites is 1. The summed E-state index contributed by atoms with van der Waals surface area (Å²) in [6.45, 7) is 2.96. The summed E-state index contributed by atoms with van der Waals surface area (Å²) in [6, 6.07) is 11.8. The van der Waals surface area contributed by atoms with E-state index in [9.17, 15) is 18.8 Å². The maximum Gasteiger partial charge on any atom is 0.241 e. The molecule has 12 heteroatoms. The minimum absolute atomic E-state index is 0.0284. The molecule has 0 aliphatic rings. The van der Waals surface area contributed by atoms with E-state index in [0.717, 1.165) is 22.2 Å². The number of ether oxygens (including phenoxy) is 1. The van der Waals surface area contributed by atoms with E-state index in [2.05, 4.69) is 14.3 Å². The van der Waals surface area contributed by atoms with Crippen molar-refractivity contribution in [2.45, 2.75) is 37.6 Å². The highest BCUT2D eigenvalue weighted by Gasteiger charge is 2.20. The number of pyridine rings is 1. The van der Waals surface area contributed by atoms with E-state index in [1.54, 1.807) is 14.0 Å². The molecule has 0 amide bonds. The first kappa shape index (κ1) is 25.9. The molecule has 4 aromatic rings. The maximum atomic E-state index is 12.8. The van der Waals surface area contributed by atoms with Crippen LogP contribution in [0.25, 0.3) is 21.9 Å². The van der Waals surface area contributed by atoms with Crippen molar-refractivity contribution in [1.82, 2.24) is 19.3 Å². The number of hydrogen-bond acceptors (Lipinski definition) is 8. The number of fused-ring (bicyclic) bond motifs is 3. The highest BCUT2D eigenvalue weighted by atomic mass is 32.2. The summed E-state index contributed by atoms with van der Waals surface area (Å²) in [4.78, 5) is 9.20. The average molecular weight is 515 g/mol. The molecule has 0 spiro atoms. The molecule has 192 valence electrons. The van der Waals surface area contributed by atoms with Gasteiger partial charge in [0.15, 0.2) is 11.5 Å². The van der Waals surface area contributed by atoms with Crippen molar-refractivity contribution in [2.75, 3.05) is 26.0 Å². The van der Waals surface area contributed by atoms with Crippen LogP contribution in [0.2, 0.25) is 0 Å². The van der Waals surface area contributed by atoms with E-state index < -0.39 is 15.2 Å². The normalized spacial score (nSPS) is 13.0. The Morgan fingerprint density at radius 1 is 1.19 bits per heavy atom. The Hall–Kier alpha value is -3.13. The number of nitrogens with two attached hydrogens (primary N) is 1. The SMILES string of the molecule is COCCc1nc2c(N)nc3ccccc3c2n1CCCCNS(=O)(=O)c1cc([NH+]([O-])O)ccc1C. The first-order chi connectivity index (χ1) is 17.2. The molecule has 0 aliphatic heterocycles. The fourth-order valence-electron chi connectivity index (χ4n) is 4.23. The molecule has 0 radical (unpaired) electrons. The zero-order valence-corrected chi connectivity index (χ0v) is 21.0. The quantitative estimate of drug-likeness (QED) is 0.174. The van der Waals surface area contributed by atoms with Crippen LogP contribution >= 0.6 is 0 Å². The summed E-state index contributed by atoms with van der Waals surface area (Å²) in [6.07, 6.45) is 1.85. The fraction of sp³-hybridized carbons (Fsp3) is 0.333. The van der Waals surface area contributed by atoms with Gasteiger partial charge in [0.1, 0.15) is 11.3 Å². The molecule has 1 atom stereocenters. The summed E-state index contributed by atoms with van der Waals surface area (Å²) in [5.74, 6) is 1.20. The smallest absolute Gasteiger partial charge is 0.241 e. The number of hydrogen-bond donors (Lipinski definition) is 4. The molecule has 0 bridgehead atoms. The molecular formula is C24H30N6O5S. The minimum Gasteiger partial charge on any atom is -0.595 e. The number of quaternary nitrogens is 1. The number of nitrogens with zero attached hydrogens (tertiary/aromatic N) is 3. The summed E-state index contributed by atoms with van der Waals surface area (Å²) in [5.41, 5.74) is 8.98. The number of imidazole rings is 1. The summed E-state index contributed by atoms with van der Waals surface area (Å²) in [7, 11) is -2.21. The lowest BCUT2D eigenvalue weighted by atomic mass is 10.2. The monoisotopic (exact) mass is 514 g/mol. The first-order valence-corrected chi connectivity index (χ1v) is 13.1. The van der Waals surface area contributed by atoms with Crippen molar-refractivity contribution >= 4 is 43.5 Å². The predicted molar refractivity (Wildman–Crippen MR) is 136 cm³/mol. The molecule has 0 saturated carbocycles. The van der Waals surface area contributed by atoms with Crippen LogP contribution in [-0.2, 0) is 27.7 Å². The number of aromatic nitrogens is 3. The van der Waals surface area contributed by atoms with Gasteiger partial charge < -0.3 is 20.2 Å². The third-order valence-corrected chi connectivity index (χ3v) is 7.65. The fourth-order valence-corrected chi connectivity index (χ4v) is 5.57. The van der Waals surface area contributed by atoms with Crippen LogP contribution in [0.3, 0.4) is 0 Å². The summed E-state index contributed by atoms with van der Waals surface area (Å²) >= 11 is 0. The molecule has 1 unspecified atom stereocenters. The van der Waals surface area contributed by atoms with Gasteiger partial charge in [0, 0.05) is 44.1 Å². The first-order valence-electron chi connectivity index (χ1n) is 11.6. The number of nitrogen functional groups attached to an aromatic ring is 1. The second-order valence-electron chi connectivity index (χ2n) is 8.52. The number of nitrogens with one attached hydrogen (secondary N) is 2. The van der Waals surface area contributed by atoms with Gasteiger partial charge in [-0.15, -0.1) is 0 Å². The summed E-state index contributed by atoms with van der Waals surface area (Å²) in [5, 5.41) is 20.2. The minimum atomic E-state index is -3.84. The number of rotatable bonds is 11. The van der Waals surface area contributed by atoms with Crippen molar-refractivity contribution in [3.63, 3.8) is 0 Å². The third kappa shape index (κ3) is 5.33. The van der Waals surface area contributed by atoms with Crippen LogP contribution in [0, 0.1) is 12.1 Å². The second kappa shape index (κ2) is 10.9. The number of sulfonamides is 1. The maximum absolute atomic E-state index is 12.8. The van der Waals surface area contributed by atoms with Crippen LogP contribution in [0.15, 0.2) is 47.4 Å². The van der Waals surface area contributed by atoms with E-state index in [0.29, 0.717) is 49.3 Å². The van der Waals surface area contributed by atoms with Gasteiger partial charge in [0.2, 0.25) is 10.0 Å². The van der Waals surface area contributed by atoms with E-state index in [1.165, 1.54) is 18.2 Å². The van der Waals surface area contributed by atoms with Crippen LogP contribution in [-0.4, -0.2) is 48.4 Å². The molecule has 2 aromatic heterocycles. The molecule has 0 aliphatic carbocycles. The Kier molecular flexibility index (Phi) is 7.83. The van der Waals surface area contributed by atoms with Crippen molar-refractivity contribution in [3.05, 3.63) is 59.1 Å². The van der Waals surface area contributed by atoms with E-state index in [4.69, 9.17) is 15.5 Å². The Morgan fingerprint density at radius 2 is 1.97 bits per heavy atom. The lowest BCUT2D eigenvalue weighted by molar-refractivity contribution is -0.991. The van der Waals surface area contributed by atoms with Crippen LogP contribution in [0.1, 0.15) is 24.2 Å². The van der Waals surface area contributed by atoms with Crippen LogP contribution in [0.4, 0.5) is 11.5 Å². The third-order valence-electron chi connectivity index (χ3n) is 6.04. The number of methoxy groups -OCH3 is 1. The van der Waals surface area contributed by atoms with Crippen molar-refractivity contribution in [3.8, 4) is 0 Å². The van der Waals surface area contributed by atoms with E-state index in [1.807, 2.05) is 24.3 Å². The van der Waals surface area contributed by atoms with E-state index >= 15 is 0 Å².